The van der Waals surface area contributed by atoms with Gasteiger partial charge in [-0.1, -0.05) is 36.4 Å². The maximum Gasteiger partial charge on any atom is 0.161 e. The average Bonchev–Trinajstić information content (AvgIpc) is 2.93. The Balaban J connectivity index is 1.40. The third kappa shape index (κ3) is 6.37. The van der Waals surface area contributed by atoms with Gasteiger partial charge in [0.1, 0.15) is 5.75 Å². The lowest BCUT2D eigenvalue weighted by atomic mass is 10.1. The van der Waals surface area contributed by atoms with Crippen LogP contribution in [0, 0.1) is 0 Å². The third-order valence-electron chi connectivity index (χ3n) is 6.49. The molecule has 0 amide bonds. The molecule has 4 bridgehead atoms. The summed E-state index contributed by atoms with van der Waals surface area (Å²) < 4.78 is 10.8. The van der Waals surface area contributed by atoms with E-state index in [-0.39, 0.29) is 5.75 Å². The first-order valence-electron chi connectivity index (χ1n) is 12.6. The van der Waals surface area contributed by atoms with E-state index < -0.39 is 0 Å². The van der Waals surface area contributed by atoms with E-state index in [9.17, 15) is 5.11 Å². The van der Waals surface area contributed by atoms with Gasteiger partial charge in [-0.2, -0.15) is 0 Å². The van der Waals surface area contributed by atoms with Crippen LogP contribution in [0.15, 0.2) is 72.8 Å². The molecule has 0 saturated carbocycles. The Labute approximate surface area is 223 Å². The summed E-state index contributed by atoms with van der Waals surface area (Å²) in [5.74, 6) is 1.65. The predicted octanol–water partition coefficient (Wildman–Crippen LogP) is 5.18. The Morgan fingerprint density at radius 3 is 1.97 bits per heavy atom. The van der Waals surface area contributed by atoms with Crippen LogP contribution >= 0.6 is 0 Å². The molecule has 0 spiro atoms. The molecule has 0 atom stereocenters. The monoisotopic (exact) mass is 508 g/mol. The van der Waals surface area contributed by atoms with E-state index in [2.05, 4.69) is 22.3 Å². The van der Waals surface area contributed by atoms with Gasteiger partial charge in [-0.3, -0.25) is 14.9 Å². The number of nitrogens with zero attached hydrogens (tertiary/aromatic N) is 3. The molecule has 4 aromatic rings. The number of aromatic hydroxyl groups is 1. The van der Waals surface area contributed by atoms with Crippen molar-refractivity contribution in [3.63, 3.8) is 0 Å². The van der Waals surface area contributed by atoms with Gasteiger partial charge in [-0.15, -0.1) is 0 Å². The van der Waals surface area contributed by atoms with Crippen LogP contribution < -0.4 is 14.8 Å². The third-order valence-corrected chi connectivity index (χ3v) is 6.49. The van der Waals surface area contributed by atoms with Gasteiger partial charge in [-0.25, -0.2) is 0 Å². The molecule has 0 aliphatic carbocycles. The molecular formula is C31H32N4O3. The predicted molar refractivity (Wildman–Crippen MR) is 149 cm³/mol. The number of hydrogen-bond acceptors (Lipinski definition) is 7. The van der Waals surface area contributed by atoms with Crippen molar-refractivity contribution in [2.24, 2.45) is 0 Å². The number of rotatable bonds is 6. The minimum atomic E-state index is 0.270. The van der Waals surface area contributed by atoms with Gasteiger partial charge in [0.2, 0.25) is 0 Å². The summed E-state index contributed by atoms with van der Waals surface area (Å²) in [6.45, 7) is 3.22. The number of phenolic OH excluding ortho intramolecular Hbond substituents is 1. The van der Waals surface area contributed by atoms with E-state index >= 15 is 0 Å². The summed E-state index contributed by atoms with van der Waals surface area (Å²) in [7, 11) is 3.25. The first kappa shape index (κ1) is 25.4. The lowest BCUT2D eigenvalue weighted by Gasteiger charge is -2.23. The number of nitrogens with one attached hydrogen (secondary N) is 1. The second-order valence-electron chi connectivity index (χ2n) is 9.33. The van der Waals surface area contributed by atoms with Gasteiger partial charge in [0.25, 0.3) is 0 Å². The number of ether oxygens (including phenoxy) is 2. The van der Waals surface area contributed by atoms with E-state index in [1.54, 1.807) is 20.3 Å². The molecule has 1 aliphatic rings. The van der Waals surface area contributed by atoms with Crippen LogP contribution in [0.5, 0.6) is 17.2 Å². The van der Waals surface area contributed by atoms with E-state index in [0.29, 0.717) is 44.2 Å². The minimum Gasteiger partial charge on any atom is -0.508 e. The molecular weight excluding hydrogens is 476 g/mol. The van der Waals surface area contributed by atoms with E-state index in [1.807, 2.05) is 66.7 Å². The van der Waals surface area contributed by atoms with Crippen molar-refractivity contribution < 1.29 is 14.6 Å². The highest BCUT2D eigenvalue weighted by atomic mass is 16.5. The molecule has 5 rings (SSSR count). The summed E-state index contributed by atoms with van der Waals surface area (Å²) >= 11 is 0. The zero-order valence-corrected chi connectivity index (χ0v) is 21.7. The fraction of sp³-hybridized carbons (Fsp3) is 0.226. The number of aromatic nitrogens is 2. The minimum absolute atomic E-state index is 0.270. The fourth-order valence-electron chi connectivity index (χ4n) is 4.60. The summed E-state index contributed by atoms with van der Waals surface area (Å²) in [6, 6.07) is 23.8. The summed E-state index contributed by atoms with van der Waals surface area (Å²) in [6.07, 6.45) is 4.05. The number of benzene rings is 2. The number of fused-ring (bicyclic) bond motifs is 4. The zero-order chi connectivity index (χ0) is 26.3. The number of hydrogen-bond donors (Lipinski definition) is 2. The van der Waals surface area contributed by atoms with Crippen LogP contribution in [-0.2, 0) is 32.7 Å². The number of phenols is 1. The van der Waals surface area contributed by atoms with Crippen LogP contribution in [0.3, 0.4) is 0 Å². The van der Waals surface area contributed by atoms with E-state index in [1.165, 1.54) is 0 Å². The second kappa shape index (κ2) is 11.9. The van der Waals surface area contributed by atoms with Gasteiger partial charge in [0, 0.05) is 38.3 Å². The number of methoxy groups -OCH3 is 2. The first-order valence-corrected chi connectivity index (χ1v) is 12.6. The van der Waals surface area contributed by atoms with Gasteiger partial charge < -0.3 is 19.9 Å². The molecule has 2 aromatic carbocycles. The lowest BCUT2D eigenvalue weighted by molar-refractivity contribution is 0.238. The summed E-state index contributed by atoms with van der Waals surface area (Å²) in [4.78, 5) is 12.0. The SMILES string of the molecule is COc1ccc(/C=C/c2ccc(O)c(CN3Cc4cccc(n4)CNCc4cccc(n4)C3)c2)cc1OC. The second-order valence-corrected chi connectivity index (χ2v) is 9.33. The maximum absolute atomic E-state index is 10.7. The Kier molecular flexibility index (Phi) is 7.97. The molecule has 2 N–H and O–H groups in total. The van der Waals surface area contributed by atoms with Crippen molar-refractivity contribution in [2.45, 2.75) is 32.7 Å². The van der Waals surface area contributed by atoms with Crippen LogP contribution in [0.2, 0.25) is 0 Å². The van der Waals surface area contributed by atoms with Crippen molar-refractivity contribution in [2.75, 3.05) is 14.2 Å². The van der Waals surface area contributed by atoms with Crippen LogP contribution in [0.1, 0.15) is 39.5 Å². The Morgan fingerprint density at radius 2 is 1.34 bits per heavy atom. The van der Waals surface area contributed by atoms with Gasteiger partial charge in [0.15, 0.2) is 11.5 Å². The highest BCUT2D eigenvalue weighted by Gasteiger charge is 2.14. The molecule has 7 heteroatoms. The highest BCUT2D eigenvalue weighted by Crippen LogP contribution is 2.29. The van der Waals surface area contributed by atoms with Gasteiger partial charge >= 0.3 is 0 Å². The molecule has 1 aliphatic heterocycles. The van der Waals surface area contributed by atoms with Crippen molar-refractivity contribution in [3.8, 4) is 17.2 Å². The molecule has 0 saturated heterocycles. The van der Waals surface area contributed by atoms with Gasteiger partial charge in [-0.05, 0) is 59.7 Å². The normalized spacial score (nSPS) is 14.1. The van der Waals surface area contributed by atoms with Crippen molar-refractivity contribution in [1.29, 1.82) is 0 Å². The van der Waals surface area contributed by atoms with Gasteiger partial charge in [0.05, 0.1) is 37.0 Å². The molecule has 0 radical (unpaired) electrons. The Morgan fingerprint density at radius 1 is 0.763 bits per heavy atom. The molecule has 0 fully saturated rings. The Hall–Kier alpha value is -4.20. The van der Waals surface area contributed by atoms with Crippen LogP contribution in [0.25, 0.3) is 12.2 Å². The highest BCUT2D eigenvalue weighted by molar-refractivity contribution is 5.71. The molecule has 3 heterocycles. The quantitative estimate of drug-likeness (QED) is 0.348. The standard InChI is InChI=1S/C31H32N4O3/c1-37-30-14-12-23(16-31(30)38-2)10-9-22-11-13-29(36)24(15-22)19-35-20-27-7-3-5-25(33-27)17-32-18-26-6-4-8-28(21-35)34-26/h3-16,32,36H,17-21H2,1-2H3/b10-9+. The van der Waals surface area contributed by atoms with Crippen LogP contribution in [0.4, 0.5) is 0 Å². The maximum atomic E-state index is 10.7. The average molecular weight is 509 g/mol. The van der Waals surface area contributed by atoms with Crippen molar-refractivity contribution in [3.05, 3.63) is 112 Å². The lowest BCUT2D eigenvalue weighted by Crippen LogP contribution is -2.25. The molecule has 38 heavy (non-hydrogen) atoms. The topological polar surface area (TPSA) is 79.7 Å². The first-order chi connectivity index (χ1) is 18.6. The Bertz CT molecular complexity index is 1390. The summed E-state index contributed by atoms with van der Waals surface area (Å²) in [5, 5.41) is 14.2. The molecule has 194 valence electrons. The van der Waals surface area contributed by atoms with Crippen LogP contribution in [-0.4, -0.2) is 34.2 Å². The van der Waals surface area contributed by atoms with Crippen molar-refractivity contribution >= 4 is 12.2 Å². The zero-order valence-electron chi connectivity index (χ0n) is 21.7. The number of pyridine rings is 2. The van der Waals surface area contributed by atoms with E-state index in [4.69, 9.17) is 19.4 Å². The van der Waals surface area contributed by atoms with Crippen molar-refractivity contribution in [1.82, 2.24) is 20.2 Å². The van der Waals surface area contributed by atoms with E-state index in [0.717, 1.165) is 39.5 Å². The fourth-order valence-corrected chi connectivity index (χ4v) is 4.60. The smallest absolute Gasteiger partial charge is 0.161 e. The summed E-state index contributed by atoms with van der Waals surface area (Å²) in [5.41, 5.74) is 6.82. The molecule has 0 unspecified atom stereocenters. The molecule has 7 nitrogen and oxygen atoms in total. The largest absolute Gasteiger partial charge is 0.508 e. The molecule has 2 aromatic heterocycles.